The van der Waals surface area contributed by atoms with Crippen molar-refractivity contribution < 1.29 is 19.5 Å². The molecule has 23 heavy (non-hydrogen) atoms. The predicted octanol–water partition coefficient (Wildman–Crippen LogP) is 1.39. The van der Waals surface area contributed by atoms with Crippen LogP contribution in [0.2, 0.25) is 0 Å². The number of benzene rings is 1. The Bertz CT molecular complexity index is 647. The number of rotatable bonds is 3. The van der Waals surface area contributed by atoms with Crippen LogP contribution >= 0.6 is 0 Å². The second-order valence-corrected chi connectivity index (χ2v) is 6.32. The SMILES string of the molecule is CN1CCN(c2ccc(C3(C(=O)O)CCCC3)cc2)C(=O)C1=O. The lowest BCUT2D eigenvalue weighted by Crippen LogP contribution is -2.53. The van der Waals surface area contributed by atoms with Crippen molar-refractivity contribution >= 4 is 23.5 Å². The minimum atomic E-state index is -0.805. The van der Waals surface area contributed by atoms with Gasteiger partial charge in [-0.25, -0.2) is 0 Å². The first kappa shape index (κ1) is 15.5. The number of carboxylic acids is 1. The molecule has 3 rings (SSSR count). The molecule has 2 aliphatic rings. The number of nitrogens with zero attached hydrogens (tertiary/aromatic N) is 2. The van der Waals surface area contributed by atoms with E-state index in [2.05, 4.69) is 0 Å². The summed E-state index contributed by atoms with van der Waals surface area (Å²) < 4.78 is 0. The van der Waals surface area contributed by atoms with Gasteiger partial charge in [0.15, 0.2) is 0 Å². The molecular formula is C17H20N2O4. The summed E-state index contributed by atoms with van der Waals surface area (Å²) in [5, 5.41) is 9.63. The van der Waals surface area contributed by atoms with Crippen molar-refractivity contribution in [3.05, 3.63) is 29.8 Å². The summed E-state index contributed by atoms with van der Waals surface area (Å²) in [5.41, 5.74) is 0.610. The molecule has 1 N–H and O–H groups in total. The van der Waals surface area contributed by atoms with Gasteiger partial charge < -0.3 is 14.9 Å². The smallest absolute Gasteiger partial charge is 0.316 e. The first-order valence-electron chi connectivity index (χ1n) is 7.86. The zero-order valence-corrected chi connectivity index (χ0v) is 13.1. The number of likely N-dealkylation sites (N-methyl/N-ethyl adjacent to an activating group) is 1. The minimum absolute atomic E-state index is 0.449. The number of amides is 2. The standard InChI is InChI=1S/C17H20N2O4/c1-18-10-11-19(15(21)14(18)20)13-6-4-12(5-7-13)17(16(22)23)8-2-3-9-17/h4-7H,2-3,8-11H2,1H3,(H,22,23). The van der Waals surface area contributed by atoms with Crippen molar-refractivity contribution in [1.29, 1.82) is 0 Å². The number of carboxylic acid groups (broad SMARTS) is 1. The Hall–Kier alpha value is -2.37. The number of carbonyl (C=O) groups is 3. The molecule has 0 spiro atoms. The third-order valence-electron chi connectivity index (χ3n) is 5.03. The third-order valence-corrected chi connectivity index (χ3v) is 5.03. The van der Waals surface area contributed by atoms with Crippen LogP contribution in [0.1, 0.15) is 31.2 Å². The molecule has 1 saturated carbocycles. The van der Waals surface area contributed by atoms with Crippen molar-refractivity contribution in [3.8, 4) is 0 Å². The van der Waals surface area contributed by atoms with Crippen molar-refractivity contribution in [3.63, 3.8) is 0 Å². The van der Waals surface area contributed by atoms with E-state index in [4.69, 9.17) is 0 Å². The maximum atomic E-state index is 12.1. The molecule has 1 aliphatic carbocycles. The average Bonchev–Trinajstić information content (AvgIpc) is 3.04. The van der Waals surface area contributed by atoms with Crippen LogP contribution in [0.4, 0.5) is 5.69 Å². The van der Waals surface area contributed by atoms with E-state index in [-0.39, 0.29) is 0 Å². The lowest BCUT2D eigenvalue weighted by molar-refractivity contribution is -0.145. The first-order valence-corrected chi connectivity index (χ1v) is 7.86. The highest BCUT2D eigenvalue weighted by atomic mass is 16.4. The lowest BCUT2D eigenvalue weighted by Gasteiger charge is -2.32. The summed E-state index contributed by atoms with van der Waals surface area (Å²) >= 11 is 0. The van der Waals surface area contributed by atoms with Gasteiger partial charge in [0, 0.05) is 25.8 Å². The molecule has 1 aromatic carbocycles. The van der Waals surface area contributed by atoms with Gasteiger partial charge in [-0.1, -0.05) is 25.0 Å². The summed E-state index contributed by atoms with van der Waals surface area (Å²) in [6.45, 7) is 0.940. The monoisotopic (exact) mass is 316 g/mol. The van der Waals surface area contributed by atoms with Crippen LogP contribution < -0.4 is 4.90 Å². The predicted molar refractivity (Wildman–Crippen MR) is 84.2 cm³/mol. The second-order valence-electron chi connectivity index (χ2n) is 6.32. The molecule has 1 aliphatic heterocycles. The molecular weight excluding hydrogens is 296 g/mol. The van der Waals surface area contributed by atoms with E-state index >= 15 is 0 Å². The fourth-order valence-electron chi connectivity index (χ4n) is 3.54. The highest BCUT2D eigenvalue weighted by Gasteiger charge is 2.43. The van der Waals surface area contributed by atoms with Crippen LogP contribution in [0.25, 0.3) is 0 Å². The summed E-state index contributed by atoms with van der Waals surface area (Å²) in [4.78, 5) is 38.5. The maximum Gasteiger partial charge on any atom is 0.316 e. The highest BCUT2D eigenvalue weighted by molar-refractivity contribution is 6.40. The Morgan fingerprint density at radius 1 is 1.04 bits per heavy atom. The van der Waals surface area contributed by atoms with Crippen LogP contribution in [-0.2, 0) is 19.8 Å². The van der Waals surface area contributed by atoms with Crippen LogP contribution in [-0.4, -0.2) is 47.9 Å². The largest absolute Gasteiger partial charge is 0.481 e. The number of aliphatic carboxylic acids is 1. The van der Waals surface area contributed by atoms with Gasteiger partial charge in [-0.3, -0.25) is 14.4 Å². The minimum Gasteiger partial charge on any atom is -0.481 e. The lowest BCUT2D eigenvalue weighted by atomic mass is 9.79. The summed E-state index contributed by atoms with van der Waals surface area (Å²) in [6, 6.07) is 7.05. The van der Waals surface area contributed by atoms with Gasteiger partial charge in [-0.05, 0) is 30.5 Å². The molecule has 1 saturated heterocycles. The molecule has 0 atom stereocenters. The Morgan fingerprint density at radius 3 is 2.22 bits per heavy atom. The van der Waals surface area contributed by atoms with Crippen LogP contribution in [0, 0.1) is 0 Å². The summed E-state index contributed by atoms with van der Waals surface area (Å²) in [7, 11) is 1.61. The van der Waals surface area contributed by atoms with Gasteiger partial charge >= 0.3 is 17.8 Å². The number of carbonyl (C=O) groups excluding carboxylic acids is 2. The molecule has 0 radical (unpaired) electrons. The molecule has 1 heterocycles. The van der Waals surface area contributed by atoms with Crippen molar-refractivity contribution in [2.75, 3.05) is 25.0 Å². The highest BCUT2D eigenvalue weighted by Crippen LogP contribution is 2.41. The molecule has 0 bridgehead atoms. The van der Waals surface area contributed by atoms with Gasteiger partial charge in [-0.15, -0.1) is 0 Å². The van der Waals surface area contributed by atoms with E-state index in [0.29, 0.717) is 31.6 Å². The molecule has 122 valence electrons. The number of anilines is 1. The van der Waals surface area contributed by atoms with Gasteiger partial charge in [0.1, 0.15) is 0 Å². The molecule has 6 heteroatoms. The molecule has 0 aromatic heterocycles. The topological polar surface area (TPSA) is 77.9 Å². The quantitative estimate of drug-likeness (QED) is 0.855. The molecule has 0 unspecified atom stereocenters. The van der Waals surface area contributed by atoms with E-state index in [9.17, 15) is 19.5 Å². The van der Waals surface area contributed by atoms with E-state index in [1.807, 2.05) is 0 Å². The van der Waals surface area contributed by atoms with Crippen LogP contribution in [0.5, 0.6) is 0 Å². The Kier molecular flexibility index (Phi) is 3.83. The average molecular weight is 316 g/mol. The Morgan fingerprint density at radius 2 is 1.65 bits per heavy atom. The normalized spacial score (nSPS) is 20.9. The Balaban J connectivity index is 1.86. The Labute approximate surface area is 134 Å². The fourth-order valence-corrected chi connectivity index (χ4v) is 3.54. The van der Waals surface area contributed by atoms with Crippen LogP contribution in [0.15, 0.2) is 24.3 Å². The zero-order chi connectivity index (χ0) is 16.6. The van der Waals surface area contributed by atoms with Crippen molar-refractivity contribution in [2.45, 2.75) is 31.1 Å². The second kappa shape index (κ2) is 5.68. The number of hydrogen-bond acceptors (Lipinski definition) is 3. The maximum absolute atomic E-state index is 12.1. The van der Waals surface area contributed by atoms with Crippen LogP contribution in [0.3, 0.4) is 0 Å². The molecule has 6 nitrogen and oxygen atoms in total. The fraction of sp³-hybridized carbons (Fsp3) is 0.471. The van der Waals surface area contributed by atoms with Gasteiger partial charge in [-0.2, -0.15) is 0 Å². The summed E-state index contributed by atoms with van der Waals surface area (Å²) in [6.07, 6.45) is 3.13. The van der Waals surface area contributed by atoms with E-state index < -0.39 is 23.2 Å². The number of hydrogen-bond donors (Lipinski definition) is 1. The van der Waals surface area contributed by atoms with Gasteiger partial charge in [0.25, 0.3) is 0 Å². The number of piperazine rings is 1. The first-order chi connectivity index (χ1) is 11.0. The van der Waals surface area contributed by atoms with E-state index in [1.54, 1.807) is 31.3 Å². The van der Waals surface area contributed by atoms with Crippen molar-refractivity contribution in [2.24, 2.45) is 0 Å². The van der Waals surface area contributed by atoms with Gasteiger partial charge in [0.05, 0.1) is 5.41 Å². The molecule has 2 fully saturated rings. The van der Waals surface area contributed by atoms with Gasteiger partial charge in [0.2, 0.25) is 0 Å². The molecule has 2 amide bonds. The zero-order valence-electron chi connectivity index (χ0n) is 13.1. The molecule has 1 aromatic rings. The van der Waals surface area contributed by atoms with E-state index in [1.165, 1.54) is 9.80 Å². The third kappa shape index (κ3) is 2.48. The van der Waals surface area contributed by atoms with Crippen molar-refractivity contribution in [1.82, 2.24) is 4.90 Å². The summed E-state index contributed by atoms with van der Waals surface area (Å²) in [5.74, 6) is -1.84. The van der Waals surface area contributed by atoms with E-state index in [0.717, 1.165) is 18.4 Å².